The van der Waals surface area contributed by atoms with Gasteiger partial charge in [0.2, 0.25) is 0 Å². The second-order valence-corrected chi connectivity index (χ2v) is 10.8. The van der Waals surface area contributed by atoms with Crippen molar-refractivity contribution in [3.05, 3.63) is 35.5 Å². The van der Waals surface area contributed by atoms with E-state index >= 15 is 0 Å². The van der Waals surface area contributed by atoms with Crippen molar-refractivity contribution in [3.8, 4) is 0 Å². The van der Waals surface area contributed by atoms with Crippen molar-refractivity contribution >= 4 is 5.78 Å². The third-order valence-electron chi connectivity index (χ3n) is 8.48. The summed E-state index contributed by atoms with van der Waals surface area (Å²) in [7, 11) is 0. The van der Waals surface area contributed by atoms with Crippen molar-refractivity contribution in [2.45, 2.75) is 97.7 Å². The smallest absolute Gasteiger partial charge is 0.135 e. The van der Waals surface area contributed by atoms with E-state index in [0.29, 0.717) is 41.8 Å². The van der Waals surface area contributed by atoms with Crippen molar-refractivity contribution < 1.29 is 15.0 Å². The summed E-state index contributed by atoms with van der Waals surface area (Å²) < 4.78 is 0. The largest absolute Gasteiger partial charge is 0.393 e. The first-order valence-corrected chi connectivity index (χ1v) is 12.1. The van der Waals surface area contributed by atoms with Gasteiger partial charge in [0.1, 0.15) is 5.78 Å². The minimum atomic E-state index is -0.625. The molecule has 3 heteroatoms. The molecule has 0 heterocycles. The maximum absolute atomic E-state index is 12.1. The fraction of sp³-hybridized carbons (Fsp3) is 0.741. The minimum absolute atomic E-state index is 0.146. The van der Waals surface area contributed by atoms with Crippen LogP contribution in [0.15, 0.2) is 35.5 Å². The van der Waals surface area contributed by atoms with Gasteiger partial charge in [0.05, 0.1) is 12.2 Å². The van der Waals surface area contributed by atoms with Crippen molar-refractivity contribution in [1.82, 2.24) is 0 Å². The predicted octanol–water partition coefficient (Wildman–Crippen LogP) is 5.77. The Kier molecular flexibility index (Phi) is 7.45. The lowest BCUT2D eigenvalue weighted by Gasteiger charge is -2.44. The highest BCUT2D eigenvalue weighted by molar-refractivity contribution is 5.80. The molecule has 0 aromatic rings. The number of hydrogen-bond donors (Lipinski definition) is 2. The lowest BCUT2D eigenvalue weighted by atomic mass is 9.60. The molecule has 6 atom stereocenters. The van der Waals surface area contributed by atoms with Gasteiger partial charge < -0.3 is 10.2 Å². The van der Waals surface area contributed by atoms with E-state index in [0.717, 1.165) is 30.4 Å². The number of carbonyl (C=O) groups is 1. The molecular weight excluding hydrogens is 372 g/mol. The van der Waals surface area contributed by atoms with Crippen molar-refractivity contribution in [2.75, 3.05) is 0 Å². The highest BCUT2D eigenvalue weighted by Crippen LogP contribution is 2.59. The van der Waals surface area contributed by atoms with Gasteiger partial charge >= 0.3 is 0 Å². The Hall–Kier alpha value is -1.19. The van der Waals surface area contributed by atoms with E-state index in [1.54, 1.807) is 0 Å². The summed E-state index contributed by atoms with van der Waals surface area (Å²) in [5.74, 6) is 2.43. The van der Waals surface area contributed by atoms with E-state index in [2.05, 4.69) is 32.6 Å². The topological polar surface area (TPSA) is 57.5 Å². The van der Waals surface area contributed by atoms with Gasteiger partial charge in [-0.2, -0.15) is 0 Å². The number of aliphatic hydroxyl groups excluding tert-OH is 2. The molecule has 2 N–H and O–H groups in total. The van der Waals surface area contributed by atoms with Crippen molar-refractivity contribution in [2.24, 2.45) is 29.1 Å². The molecule has 0 amide bonds. The fourth-order valence-electron chi connectivity index (χ4n) is 6.54. The van der Waals surface area contributed by atoms with Gasteiger partial charge in [-0.15, -0.1) is 0 Å². The lowest BCUT2D eigenvalue weighted by molar-refractivity contribution is -0.122. The van der Waals surface area contributed by atoms with E-state index < -0.39 is 12.2 Å². The van der Waals surface area contributed by atoms with Crippen LogP contribution in [-0.2, 0) is 4.79 Å². The Bertz CT molecular complexity index is 716. The molecule has 3 fully saturated rings. The van der Waals surface area contributed by atoms with Crippen LogP contribution in [0.3, 0.4) is 0 Å². The van der Waals surface area contributed by atoms with Crippen molar-refractivity contribution in [3.63, 3.8) is 0 Å². The number of carbonyl (C=O) groups excluding carboxylic acids is 1. The normalized spacial score (nSPS) is 38.3. The second-order valence-electron chi connectivity index (χ2n) is 10.8. The first kappa shape index (κ1) is 23.5. The van der Waals surface area contributed by atoms with Gasteiger partial charge in [0, 0.05) is 18.8 Å². The summed E-state index contributed by atoms with van der Waals surface area (Å²) in [6.07, 6.45) is 12.2. The van der Waals surface area contributed by atoms with Crippen LogP contribution in [0.5, 0.6) is 0 Å². The summed E-state index contributed by atoms with van der Waals surface area (Å²) >= 11 is 0. The summed E-state index contributed by atoms with van der Waals surface area (Å²) in [5, 5.41) is 20.2. The Labute approximate surface area is 183 Å². The Morgan fingerprint density at radius 1 is 1.23 bits per heavy atom. The van der Waals surface area contributed by atoms with Crippen LogP contribution in [0.2, 0.25) is 0 Å². The molecular formula is C27H42O3. The first-order valence-electron chi connectivity index (χ1n) is 12.1. The average Bonchev–Trinajstić information content (AvgIpc) is 3.04. The highest BCUT2D eigenvalue weighted by Gasteiger charge is 2.50. The number of ketones is 1. The number of allylic oxidation sites excluding steroid dienone is 3. The van der Waals surface area contributed by atoms with E-state index in [9.17, 15) is 15.0 Å². The molecule has 0 bridgehead atoms. The van der Waals surface area contributed by atoms with E-state index in [4.69, 9.17) is 0 Å². The summed E-state index contributed by atoms with van der Waals surface area (Å²) in [6, 6.07) is 0. The quantitative estimate of drug-likeness (QED) is 0.580. The van der Waals surface area contributed by atoms with Crippen LogP contribution >= 0.6 is 0 Å². The van der Waals surface area contributed by atoms with E-state index in [1.165, 1.54) is 31.3 Å². The molecule has 0 aliphatic heterocycles. The predicted molar refractivity (Wildman–Crippen MR) is 123 cm³/mol. The second kappa shape index (κ2) is 9.53. The number of aliphatic hydroxyl groups is 2. The molecule has 3 aliphatic rings. The Morgan fingerprint density at radius 3 is 2.67 bits per heavy atom. The molecule has 0 spiro atoms. The van der Waals surface area contributed by atoms with Crippen LogP contribution in [0.25, 0.3) is 0 Å². The summed E-state index contributed by atoms with van der Waals surface area (Å²) in [4.78, 5) is 12.1. The number of hydrogen-bond acceptors (Lipinski definition) is 3. The third-order valence-corrected chi connectivity index (χ3v) is 8.48. The summed E-state index contributed by atoms with van der Waals surface area (Å²) in [6.45, 7) is 12.9. The highest BCUT2D eigenvalue weighted by atomic mass is 16.3. The van der Waals surface area contributed by atoms with Crippen LogP contribution in [0, 0.1) is 29.1 Å². The van der Waals surface area contributed by atoms with E-state index in [1.807, 2.05) is 13.8 Å². The van der Waals surface area contributed by atoms with Crippen LogP contribution in [0.4, 0.5) is 0 Å². The molecule has 168 valence electrons. The number of Topliss-reactive ketones (excluding diaryl/α,β-unsaturated/α-hetero) is 1. The van der Waals surface area contributed by atoms with Crippen LogP contribution in [-0.4, -0.2) is 28.2 Å². The molecule has 3 aliphatic carbocycles. The van der Waals surface area contributed by atoms with Crippen LogP contribution in [0.1, 0.15) is 85.5 Å². The molecule has 30 heavy (non-hydrogen) atoms. The maximum Gasteiger partial charge on any atom is 0.135 e. The molecule has 0 aromatic heterocycles. The third kappa shape index (κ3) is 4.83. The minimum Gasteiger partial charge on any atom is -0.393 e. The SMILES string of the molecule is C=C1/C(=C\C=C2/CCC[C@]3(C)[C@@H]([C@H](C)CCC(=O)C(C)C)CC[C@@H]23)C[C@@H](O)C[C@@H]1O. The summed E-state index contributed by atoms with van der Waals surface area (Å²) in [5.41, 5.74) is 3.62. The van der Waals surface area contributed by atoms with Crippen molar-refractivity contribution in [1.29, 1.82) is 0 Å². The zero-order valence-corrected chi connectivity index (χ0v) is 19.5. The average molecular weight is 415 g/mol. The molecule has 0 saturated heterocycles. The maximum atomic E-state index is 12.1. The van der Waals surface area contributed by atoms with Gasteiger partial charge in [0.15, 0.2) is 0 Å². The zero-order valence-electron chi connectivity index (χ0n) is 19.5. The Morgan fingerprint density at radius 2 is 1.97 bits per heavy atom. The first-order chi connectivity index (χ1) is 14.1. The van der Waals surface area contributed by atoms with Gasteiger partial charge in [-0.3, -0.25) is 4.79 Å². The zero-order chi connectivity index (χ0) is 22.1. The monoisotopic (exact) mass is 414 g/mol. The van der Waals surface area contributed by atoms with E-state index in [-0.39, 0.29) is 5.92 Å². The molecule has 0 radical (unpaired) electrons. The fourth-order valence-corrected chi connectivity index (χ4v) is 6.54. The van der Waals surface area contributed by atoms with Crippen LogP contribution < -0.4 is 0 Å². The van der Waals surface area contributed by atoms with Gasteiger partial charge in [-0.1, -0.05) is 52.0 Å². The van der Waals surface area contributed by atoms with Gasteiger partial charge in [-0.25, -0.2) is 0 Å². The lowest BCUT2D eigenvalue weighted by Crippen LogP contribution is -2.36. The van der Waals surface area contributed by atoms with Gasteiger partial charge in [0.25, 0.3) is 0 Å². The molecule has 3 rings (SSSR count). The molecule has 3 saturated carbocycles. The molecule has 3 nitrogen and oxygen atoms in total. The number of rotatable bonds is 6. The Balaban J connectivity index is 1.72. The number of fused-ring (bicyclic) bond motifs is 1. The molecule has 0 unspecified atom stereocenters. The molecule has 0 aromatic carbocycles. The van der Waals surface area contributed by atoms with Gasteiger partial charge in [-0.05, 0) is 79.3 Å². The standard InChI is InChI=1S/C27H42O3/c1-17(2)25(29)13-8-18(3)23-11-12-24-20(7-6-14-27(23,24)5)9-10-21-15-22(28)16-26(30)19(21)4/h9-10,17-18,22-24,26,28,30H,4,6-8,11-16H2,1-3,5H3/b20-9+,21-10-/t18-,22-,23-,24+,26+,27-/m1/s1.